The highest BCUT2D eigenvalue weighted by molar-refractivity contribution is 6.34. The van der Waals surface area contributed by atoms with E-state index in [9.17, 15) is 9.59 Å². The zero-order valence-corrected chi connectivity index (χ0v) is 8.17. The van der Waals surface area contributed by atoms with E-state index in [1.807, 2.05) is 0 Å². The van der Waals surface area contributed by atoms with Gasteiger partial charge in [-0.3, -0.25) is 9.59 Å². The summed E-state index contributed by atoms with van der Waals surface area (Å²) in [5.41, 5.74) is 0. The van der Waals surface area contributed by atoms with Gasteiger partial charge in [0.1, 0.15) is 0 Å². The Balaban J connectivity index is 2.51. The van der Waals surface area contributed by atoms with Gasteiger partial charge >= 0.3 is 11.8 Å². The van der Waals surface area contributed by atoms with Crippen LogP contribution in [0.1, 0.15) is 19.8 Å². The molecule has 4 nitrogen and oxygen atoms in total. The van der Waals surface area contributed by atoms with Gasteiger partial charge in [-0.1, -0.05) is 6.92 Å². The number of nitrogens with zero attached hydrogens (tertiary/aromatic N) is 1. The first-order chi connectivity index (χ1) is 6.15. The molecule has 4 heteroatoms. The van der Waals surface area contributed by atoms with Gasteiger partial charge in [0.2, 0.25) is 0 Å². The molecule has 1 aliphatic heterocycles. The second-order valence-corrected chi connectivity index (χ2v) is 3.58. The van der Waals surface area contributed by atoms with Crippen LogP contribution in [0, 0.1) is 5.92 Å². The van der Waals surface area contributed by atoms with E-state index in [-0.39, 0.29) is 0 Å². The number of likely N-dealkylation sites (N-methyl/N-ethyl adjacent to an activating group) is 1. The van der Waals surface area contributed by atoms with Crippen LogP contribution in [0.4, 0.5) is 0 Å². The fourth-order valence-electron chi connectivity index (χ4n) is 1.62. The first-order valence-electron chi connectivity index (χ1n) is 4.66. The summed E-state index contributed by atoms with van der Waals surface area (Å²) < 4.78 is 0. The molecule has 13 heavy (non-hydrogen) atoms. The highest BCUT2D eigenvalue weighted by Crippen LogP contribution is 2.15. The Labute approximate surface area is 78.3 Å². The van der Waals surface area contributed by atoms with Gasteiger partial charge in [0.15, 0.2) is 0 Å². The van der Waals surface area contributed by atoms with Crippen molar-refractivity contribution in [2.45, 2.75) is 19.8 Å². The van der Waals surface area contributed by atoms with Crippen molar-refractivity contribution in [3.8, 4) is 0 Å². The van der Waals surface area contributed by atoms with Gasteiger partial charge in [-0.25, -0.2) is 0 Å². The molecule has 0 bridgehead atoms. The first kappa shape index (κ1) is 10.0. The van der Waals surface area contributed by atoms with Crippen LogP contribution >= 0.6 is 0 Å². The van der Waals surface area contributed by atoms with E-state index in [1.54, 1.807) is 4.90 Å². The van der Waals surface area contributed by atoms with Gasteiger partial charge in [-0.05, 0) is 18.8 Å². The summed E-state index contributed by atoms with van der Waals surface area (Å²) >= 11 is 0. The number of carbonyl (C=O) groups excluding carboxylic acids is 2. The van der Waals surface area contributed by atoms with Gasteiger partial charge in [-0.2, -0.15) is 0 Å². The first-order valence-corrected chi connectivity index (χ1v) is 4.66. The van der Waals surface area contributed by atoms with Gasteiger partial charge in [0.25, 0.3) is 0 Å². The van der Waals surface area contributed by atoms with Crippen molar-refractivity contribution in [2.24, 2.45) is 5.92 Å². The minimum Gasteiger partial charge on any atom is -0.351 e. The number of nitrogens with one attached hydrogen (secondary N) is 1. The Kier molecular flexibility index (Phi) is 3.28. The van der Waals surface area contributed by atoms with Crippen molar-refractivity contribution in [3.63, 3.8) is 0 Å². The Hall–Kier alpha value is -1.06. The molecule has 0 radical (unpaired) electrons. The average molecular weight is 184 g/mol. The molecule has 2 amide bonds. The van der Waals surface area contributed by atoms with E-state index in [1.165, 1.54) is 7.05 Å². The molecule has 1 rings (SSSR count). The van der Waals surface area contributed by atoms with Crippen LogP contribution in [-0.4, -0.2) is 36.9 Å². The Morgan fingerprint density at radius 2 is 2.15 bits per heavy atom. The molecule has 1 heterocycles. The molecule has 0 saturated carbocycles. The summed E-state index contributed by atoms with van der Waals surface area (Å²) in [7, 11) is 1.48. The summed E-state index contributed by atoms with van der Waals surface area (Å²) in [6, 6.07) is 0. The summed E-state index contributed by atoms with van der Waals surface area (Å²) in [4.78, 5) is 24.0. The van der Waals surface area contributed by atoms with Crippen LogP contribution in [0.3, 0.4) is 0 Å². The average Bonchev–Trinajstić information content (AvgIpc) is 2.15. The molecule has 74 valence electrons. The van der Waals surface area contributed by atoms with Gasteiger partial charge in [-0.15, -0.1) is 0 Å². The van der Waals surface area contributed by atoms with Gasteiger partial charge < -0.3 is 10.2 Å². The molecule has 0 aliphatic carbocycles. The third-order valence-electron chi connectivity index (χ3n) is 2.37. The molecule has 0 aromatic rings. The van der Waals surface area contributed by atoms with E-state index in [0.29, 0.717) is 12.5 Å². The normalized spacial score (nSPS) is 22.6. The Morgan fingerprint density at radius 3 is 2.69 bits per heavy atom. The van der Waals surface area contributed by atoms with Crippen LogP contribution in [0.5, 0.6) is 0 Å². The van der Waals surface area contributed by atoms with E-state index >= 15 is 0 Å². The van der Waals surface area contributed by atoms with E-state index in [0.717, 1.165) is 19.4 Å². The third kappa shape index (κ3) is 2.44. The lowest BCUT2D eigenvalue weighted by Crippen LogP contribution is -2.46. The summed E-state index contributed by atoms with van der Waals surface area (Å²) in [5.74, 6) is -0.384. The Bertz CT molecular complexity index is 216. The van der Waals surface area contributed by atoms with Crippen molar-refractivity contribution < 1.29 is 9.59 Å². The van der Waals surface area contributed by atoms with Gasteiger partial charge in [0.05, 0.1) is 0 Å². The molecule has 1 unspecified atom stereocenters. The highest BCUT2D eigenvalue weighted by atomic mass is 16.2. The van der Waals surface area contributed by atoms with Crippen LogP contribution in [0.15, 0.2) is 0 Å². The largest absolute Gasteiger partial charge is 0.351 e. The van der Waals surface area contributed by atoms with Crippen molar-refractivity contribution in [1.82, 2.24) is 10.2 Å². The summed E-state index contributed by atoms with van der Waals surface area (Å²) in [5, 5.41) is 2.35. The maximum Gasteiger partial charge on any atom is 0.311 e. The van der Waals surface area contributed by atoms with Crippen molar-refractivity contribution >= 4 is 11.8 Å². The second kappa shape index (κ2) is 4.25. The molecule has 0 aromatic carbocycles. The quantitative estimate of drug-likeness (QED) is 0.538. The Morgan fingerprint density at radius 1 is 1.46 bits per heavy atom. The number of rotatable bonds is 0. The lowest BCUT2D eigenvalue weighted by atomic mass is 10.0. The van der Waals surface area contributed by atoms with Crippen LogP contribution in [-0.2, 0) is 9.59 Å². The maximum atomic E-state index is 11.4. The molecule has 1 N–H and O–H groups in total. The highest BCUT2D eigenvalue weighted by Gasteiger charge is 2.24. The molecule has 0 spiro atoms. The van der Waals surface area contributed by atoms with Crippen LogP contribution < -0.4 is 5.32 Å². The smallest absolute Gasteiger partial charge is 0.311 e. The molecule has 1 saturated heterocycles. The number of hydrogen-bond acceptors (Lipinski definition) is 2. The van der Waals surface area contributed by atoms with E-state index < -0.39 is 11.8 Å². The minimum atomic E-state index is -0.505. The number of hydrogen-bond donors (Lipinski definition) is 1. The molecule has 0 aromatic heterocycles. The number of likely N-dealkylation sites (tertiary alicyclic amines) is 1. The second-order valence-electron chi connectivity index (χ2n) is 3.58. The zero-order valence-electron chi connectivity index (χ0n) is 8.17. The van der Waals surface area contributed by atoms with E-state index in [4.69, 9.17) is 0 Å². The monoisotopic (exact) mass is 184 g/mol. The molecule has 1 atom stereocenters. The number of amides is 2. The van der Waals surface area contributed by atoms with Gasteiger partial charge in [0, 0.05) is 20.1 Å². The van der Waals surface area contributed by atoms with Crippen LogP contribution in [0.25, 0.3) is 0 Å². The minimum absolute atomic E-state index is 0.394. The fourth-order valence-corrected chi connectivity index (χ4v) is 1.62. The summed E-state index contributed by atoms with van der Waals surface area (Å²) in [6.07, 6.45) is 2.15. The molecule has 1 fully saturated rings. The SMILES string of the molecule is CNC(=O)C(=O)N1CCCC(C)C1. The van der Waals surface area contributed by atoms with Crippen molar-refractivity contribution in [2.75, 3.05) is 20.1 Å². The molecular formula is C9H16N2O2. The molecular weight excluding hydrogens is 168 g/mol. The third-order valence-corrected chi connectivity index (χ3v) is 2.37. The van der Waals surface area contributed by atoms with Crippen molar-refractivity contribution in [1.29, 1.82) is 0 Å². The van der Waals surface area contributed by atoms with E-state index in [2.05, 4.69) is 12.2 Å². The van der Waals surface area contributed by atoms with Crippen LogP contribution in [0.2, 0.25) is 0 Å². The summed E-state index contributed by atoms with van der Waals surface area (Å²) in [6.45, 7) is 3.53. The predicted molar refractivity (Wildman–Crippen MR) is 49.0 cm³/mol. The standard InChI is InChI=1S/C9H16N2O2/c1-7-4-3-5-11(6-7)9(13)8(12)10-2/h7H,3-6H2,1-2H3,(H,10,12). The molecule has 1 aliphatic rings. The zero-order chi connectivity index (χ0) is 9.84. The lowest BCUT2D eigenvalue weighted by molar-refractivity contribution is -0.146. The number of carbonyl (C=O) groups is 2. The van der Waals surface area contributed by atoms with Crippen molar-refractivity contribution in [3.05, 3.63) is 0 Å². The maximum absolute atomic E-state index is 11.4. The fraction of sp³-hybridized carbons (Fsp3) is 0.778. The lowest BCUT2D eigenvalue weighted by Gasteiger charge is -2.30. The number of piperidine rings is 1. The predicted octanol–water partition coefficient (Wildman–Crippen LogP) is -0.00910. The topological polar surface area (TPSA) is 49.4 Å².